The lowest BCUT2D eigenvalue weighted by Gasteiger charge is -2.18. The molecule has 69 heavy (non-hydrogen) atoms. The summed E-state index contributed by atoms with van der Waals surface area (Å²) in [7, 11) is 0. The van der Waals surface area contributed by atoms with Gasteiger partial charge in [-0.25, -0.2) is 0 Å². The van der Waals surface area contributed by atoms with Crippen LogP contribution >= 0.6 is 0 Å². The van der Waals surface area contributed by atoms with Crippen LogP contribution in [0.4, 0.5) is 0 Å². The van der Waals surface area contributed by atoms with Crippen LogP contribution in [0.15, 0.2) is 109 Å². The van der Waals surface area contributed by atoms with Gasteiger partial charge in [-0.15, -0.1) is 0 Å². The monoisotopic (exact) mass is 957 g/mol. The molecule has 0 amide bonds. The molecule has 0 N–H and O–H groups in total. The Morgan fingerprint density at radius 2 is 0.565 bits per heavy atom. The highest BCUT2D eigenvalue weighted by molar-refractivity contribution is 5.71. The van der Waals surface area contributed by atoms with Gasteiger partial charge in [-0.3, -0.25) is 14.4 Å². The maximum absolute atomic E-state index is 12.8. The number of hydrogen-bond donors (Lipinski definition) is 0. The van der Waals surface area contributed by atoms with Gasteiger partial charge in [-0.05, 0) is 116 Å². The van der Waals surface area contributed by atoms with E-state index in [0.717, 1.165) is 64.2 Å². The molecule has 0 rings (SSSR count). The van der Waals surface area contributed by atoms with Gasteiger partial charge in [-0.1, -0.05) is 226 Å². The topological polar surface area (TPSA) is 78.9 Å². The molecule has 0 aliphatic heterocycles. The Labute approximate surface area is 425 Å². The first-order chi connectivity index (χ1) is 34.0. The zero-order valence-corrected chi connectivity index (χ0v) is 44.8. The van der Waals surface area contributed by atoms with E-state index in [2.05, 4.69) is 118 Å². The molecule has 0 spiro atoms. The predicted octanol–water partition coefficient (Wildman–Crippen LogP) is 19.1. The maximum atomic E-state index is 12.8. The van der Waals surface area contributed by atoms with Crippen LogP contribution in [-0.2, 0) is 28.6 Å². The van der Waals surface area contributed by atoms with E-state index in [-0.39, 0.29) is 38.0 Å². The summed E-state index contributed by atoms with van der Waals surface area (Å²) >= 11 is 0. The minimum absolute atomic E-state index is 0.127. The van der Waals surface area contributed by atoms with Crippen molar-refractivity contribution in [2.24, 2.45) is 0 Å². The lowest BCUT2D eigenvalue weighted by Crippen LogP contribution is -2.30. The molecule has 0 aliphatic carbocycles. The van der Waals surface area contributed by atoms with Crippen LogP contribution < -0.4 is 0 Å². The van der Waals surface area contributed by atoms with Crippen LogP contribution in [0.1, 0.15) is 252 Å². The standard InChI is InChI=1S/C63H104O6/c1-4-7-10-13-16-19-22-25-28-30-31-33-36-39-42-45-48-51-54-57-63(66)69-60(58-67-61(64)55-52-49-46-43-40-37-34-27-24-21-18-15-12-9-6-3)59-68-62(65)56-53-50-47-44-41-38-35-32-29-26-23-20-17-14-11-8-5-2/h16,19,21,24-26,28-29,31,33,35,38-39,42,44,47-48,51,60H,4-15,17-18,20,22-23,27,30,32,34,36-37,40-41,43,45-46,49-50,52-59H2,1-3H3/b19-16-,24-21-,28-25-,29-26-,33-31-,38-35-,42-39-,47-44-,51-48-/t60-/m0/s1. The Balaban J connectivity index is 4.59. The number of unbranched alkanes of at least 4 members (excludes halogenated alkanes) is 21. The van der Waals surface area contributed by atoms with Gasteiger partial charge in [-0.2, -0.15) is 0 Å². The molecule has 0 fully saturated rings. The smallest absolute Gasteiger partial charge is 0.306 e. The zero-order chi connectivity index (χ0) is 50.0. The maximum Gasteiger partial charge on any atom is 0.306 e. The first-order valence-corrected chi connectivity index (χ1v) is 28.4. The molecule has 0 unspecified atom stereocenters. The summed E-state index contributed by atoms with van der Waals surface area (Å²) in [5.74, 6) is -1.07. The van der Waals surface area contributed by atoms with Crippen molar-refractivity contribution in [1.29, 1.82) is 0 Å². The second-order valence-corrected chi connectivity index (χ2v) is 18.5. The van der Waals surface area contributed by atoms with Crippen molar-refractivity contribution in [2.75, 3.05) is 13.2 Å². The van der Waals surface area contributed by atoms with Crippen molar-refractivity contribution in [3.05, 3.63) is 109 Å². The quantitative estimate of drug-likeness (QED) is 0.0262. The second-order valence-electron chi connectivity index (χ2n) is 18.5. The van der Waals surface area contributed by atoms with E-state index in [0.29, 0.717) is 19.3 Å². The largest absolute Gasteiger partial charge is 0.462 e. The lowest BCUT2D eigenvalue weighted by atomic mass is 10.1. The predicted molar refractivity (Wildman–Crippen MR) is 297 cm³/mol. The van der Waals surface area contributed by atoms with E-state index in [9.17, 15) is 14.4 Å². The number of allylic oxidation sites excluding steroid dienone is 18. The second kappa shape index (κ2) is 56.7. The highest BCUT2D eigenvalue weighted by Crippen LogP contribution is 2.13. The molecule has 0 saturated carbocycles. The van der Waals surface area contributed by atoms with E-state index in [1.54, 1.807) is 0 Å². The Morgan fingerprint density at radius 1 is 0.290 bits per heavy atom. The highest BCUT2D eigenvalue weighted by atomic mass is 16.6. The number of esters is 3. The van der Waals surface area contributed by atoms with Crippen LogP contribution in [0.3, 0.4) is 0 Å². The first-order valence-electron chi connectivity index (χ1n) is 28.4. The van der Waals surface area contributed by atoms with Crippen LogP contribution in [0, 0.1) is 0 Å². The minimum Gasteiger partial charge on any atom is -0.462 e. The Bertz CT molecular complexity index is 1420. The van der Waals surface area contributed by atoms with Gasteiger partial charge in [0, 0.05) is 19.3 Å². The van der Waals surface area contributed by atoms with Gasteiger partial charge < -0.3 is 14.2 Å². The van der Waals surface area contributed by atoms with E-state index < -0.39 is 12.1 Å². The Kier molecular flexibility index (Phi) is 53.4. The van der Waals surface area contributed by atoms with Crippen molar-refractivity contribution in [2.45, 2.75) is 258 Å². The summed E-state index contributed by atoms with van der Waals surface area (Å²) in [5.41, 5.74) is 0. The third-order valence-electron chi connectivity index (χ3n) is 11.7. The van der Waals surface area contributed by atoms with E-state index >= 15 is 0 Å². The Hall–Kier alpha value is -3.93. The Morgan fingerprint density at radius 3 is 0.986 bits per heavy atom. The molecule has 0 aromatic heterocycles. The average molecular weight is 958 g/mol. The average Bonchev–Trinajstić information content (AvgIpc) is 3.35. The van der Waals surface area contributed by atoms with Gasteiger partial charge in [0.1, 0.15) is 13.2 Å². The molecule has 0 aromatic rings. The zero-order valence-electron chi connectivity index (χ0n) is 44.8. The van der Waals surface area contributed by atoms with Crippen molar-refractivity contribution < 1.29 is 28.6 Å². The summed E-state index contributed by atoms with van der Waals surface area (Å²) < 4.78 is 16.7. The molecule has 0 radical (unpaired) electrons. The molecular weight excluding hydrogens is 853 g/mol. The molecule has 1 atom stereocenters. The number of ether oxygens (including phenoxy) is 3. The highest BCUT2D eigenvalue weighted by Gasteiger charge is 2.19. The number of rotatable bonds is 50. The third kappa shape index (κ3) is 54.9. The fraction of sp³-hybridized carbons (Fsp3) is 0.667. The summed E-state index contributed by atoms with van der Waals surface area (Å²) in [4.78, 5) is 38.1. The van der Waals surface area contributed by atoms with Gasteiger partial charge in [0.25, 0.3) is 0 Å². The van der Waals surface area contributed by atoms with Gasteiger partial charge >= 0.3 is 17.9 Å². The summed E-state index contributed by atoms with van der Waals surface area (Å²) in [5, 5.41) is 0. The van der Waals surface area contributed by atoms with E-state index in [1.807, 2.05) is 12.2 Å². The van der Waals surface area contributed by atoms with Crippen LogP contribution in [0.25, 0.3) is 0 Å². The number of carbonyl (C=O) groups excluding carboxylic acids is 3. The van der Waals surface area contributed by atoms with Crippen molar-refractivity contribution in [3.8, 4) is 0 Å². The molecule has 0 saturated heterocycles. The SMILES string of the molecule is CCCCC/C=C\C/C=C\C/C=C\C/C=C\C/C=C\CCC(=O)O[C@H](COC(=O)CCC/C=C\C/C=C\C/C=C\CCCCCCCC)COC(=O)CCCCCCCCC/C=C\CCCCCC. The molecule has 0 aliphatic rings. The van der Waals surface area contributed by atoms with Crippen LogP contribution in [-0.4, -0.2) is 37.2 Å². The van der Waals surface area contributed by atoms with E-state index in [1.165, 1.54) is 135 Å². The lowest BCUT2D eigenvalue weighted by molar-refractivity contribution is -0.166. The van der Waals surface area contributed by atoms with Crippen molar-refractivity contribution >= 4 is 17.9 Å². The van der Waals surface area contributed by atoms with Crippen LogP contribution in [0.5, 0.6) is 0 Å². The number of hydrogen-bond acceptors (Lipinski definition) is 6. The summed E-state index contributed by atoms with van der Waals surface area (Å²) in [6, 6.07) is 0. The third-order valence-corrected chi connectivity index (χ3v) is 11.7. The number of carbonyl (C=O) groups is 3. The van der Waals surface area contributed by atoms with Gasteiger partial charge in [0.2, 0.25) is 0 Å². The molecular formula is C63H104O6. The summed E-state index contributed by atoms with van der Waals surface area (Å²) in [6.45, 7) is 6.48. The molecule has 0 aromatic carbocycles. The molecule has 0 bridgehead atoms. The van der Waals surface area contributed by atoms with Crippen molar-refractivity contribution in [1.82, 2.24) is 0 Å². The van der Waals surface area contributed by atoms with E-state index in [4.69, 9.17) is 14.2 Å². The minimum atomic E-state index is -0.842. The normalized spacial score (nSPS) is 12.9. The van der Waals surface area contributed by atoms with Gasteiger partial charge in [0.05, 0.1) is 0 Å². The molecule has 392 valence electrons. The molecule has 6 nitrogen and oxygen atoms in total. The van der Waals surface area contributed by atoms with Crippen molar-refractivity contribution in [3.63, 3.8) is 0 Å². The first kappa shape index (κ1) is 65.1. The van der Waals surface area contributed by atoms with Gasteiger partial charge in [0.15, 0.2) is 6.10 Å². The fourth-order valence-electron chi connectivity index (χ4n) is 7.43. The fourth-order valence-corrected chi connectivity index (χ4v) is 7.43. The summed E-state index contributed by atoms with van der Waals surface area (Å²) in [6.07, 6.45) is 76.6. The molecule has 0 heterocycles. The van der Waals surface area contributed by atoms with Crippen LogP contribution in [0.2, 0.25) is 0 Å². The molecule has 6 heteroatoms.